The molecule has 1 saturated carbocycles. The Balaban J connectivity index is 1.98. The number of halogens is 1. The molecule has 0 bridgehead atoms. The zero-order chi connectivity index (χ0) is 19.6. The van der Waals surface area contributed by atoms with Gasteiger partial charge >= 0.3 is 0 Å². The zero-order valence-electron chi connectivity index (χ0n) is 15.5. The number of nitrogens with two attached hydrogens (primary N) is 1. The Morgan fingerprint density at radius 2 is 1.74 bits per heavy atom. The number of methoxy groups -OCH3 is 1. The predicted octanol–water partition coefficient (Wildman–Crippen LogP) is 3.65. The van der Waals surface area contributed by atoms with Gasteiger partial charge in [-0.15, -0.1) is 0 Å². The molecule has 0 saturated heterocycles. The third kappa shape index (κ3) is 3.32. The maximum atomic E-state index is 13.2. The van der Waals surface area contributed by atoms with Crippen LogP contribution in [0.25, 0.3) is 0 Å². The van der Waals surface area contributed by atoms with Crippen LogP contribution in [-0.2, 0) is 0 Å². The minimum Gasteiger partial charge on any atom is -0.496 e. The maximum Gasteiger partial charge on any atom is 0.269 e. The monoisotopic (exact) mass is 370 g/mol. The molecule has 0 aliphatic heterocycles. The molecule has 0 unspecified atom stereocenters. The average Bonchev–Trinajstić information content (AvgIpc) is 3.18. The SMILES string of the molecule is COc1cccc(C(=O)N(N)C2(C(=O)c3ccc(F)cc3)CCCC2)c1C. The van der Waals surface area contributed by atoms with Crippen molar-refractivity contribution in [2.45, 2.75) is 38.1 Å². The fourth-order valence-electron chi connectivity index (χ4n) is 3.80. The number of carbonyl (C=O) groups excluding carboxylic acids is 2. The van der Waals surface area contributed by atoms with E-state index in [0.29, 0.717) is 35.3 Å². The number of nitrogens with zero attached hydrogens (tertiary/aromatic N) is 1. The summed E-state index contributed by atoms with van der Waals surface area (Å²) in [4.78, 5) is 26.4. The Morgan fingerprint density at radius 1 is 1.11 bits per heavy atom. The van der Waals surface area contributed by atoms with Gasteiger partial charge in [0.05, 0.1) is 7.11 Å². The molecule has 1 aliphatic carbocycles. The van der Waals surface area contributed by atoms with Gasteiger partial charge in [-0.3, -0.25) is 14.6 Å². The minimum absolute atomic E-state index is 0.253. The van der Waals surface area contributed by atoms with E-state index in [1.807, 2.05) is 0 Å². The van der Waals surface area contributed by atoms with Gasteiger partial charge in [-0.2, -0.15) is 0 Å². The molecule has 27 heavy (non-hydrogen) atoms. The number of hydrogen-bond acceptors (Lipinski definition) is 4. The summed E-state index contributed by atoms with van der Waals surface area (Å²) in [6, 6.07) is 10.5. The van der Waals surface area contributed by atoms with Crippen LogP contribution in [0.4, 0.5) is 4.39 Å². The fraction of sp³-hybridized carbons (Fsp3) is 0.333. The lowest BCUT2D eigenvalue weighted by Gasteiger charge is -2.37. The minimum atomic E-state index is -1.12. The number of ketones is 1. The fourth-order valence-corrected chi connectivity index (χ4v) is 3.80. The van der Waals surface area contributed by atoms with Gasteiger partial charge in [0, 0.05) is 16.7 Å². The van der Waals surface area contributed by atoms with Gasteiger partial charge in [0.2, 0.25) is 0 Å². The number of ether oxygens (including phenoxy) is 1. The highest BCUT2D eigenvalue weighted by Crippen LogP contribution is 2.38. The summed E-state index contributed by atoms with van der Waals surface area (Å²) in [5, 5.41) is 1.08. The molecule has 6 heteroatoms. The largest absolute Gasteiger partial charge is 0.496 e. The number of carbonyl (C=O) groups is 2. The number of benzene rings is 2. The molecule has 2 N–H and O–H groups in total. The second kappa shape index (κ2) is 7.48. The number of amides is 1. The van der Waals surface area contributed by atoms with E-state index in [2.05, 4.69) is 0 Å². The molecule has 2 aromatic carbocycles. The van der Waals surface area contributed by atoms with E-state index in [-0.39, 0.29) is 5.78 Å². The lowest BCUT2D eigenvalue weighted by Crippen LogP contribution is -2.59. The summed E-state index contributed by atoms with van der Waals surface area (Å²) >= 11 is 0. The molecule has 2 aromatic rings. The van der Waals surface area contributed by atoms with Crippen LogP contribution >= 0.6 is 0 Å². The van der Waals surface area contributed by atoms with Crippen LogP contribution in [0, 0.1) is 12.7 Å². The highest BCUT2D eigenvalue weighted by molar-refractivity contribution is 6.07. The Bertz CT molecular complexity index is 858. The van der Waals surface area contributed by atoms with Crippen molar-refractivity contribution in [3.63, 3.8) is 0 Å². The first-order valence-corrected chi connectivity index (χ1v) is 8.94. The van der Waals surface area contributed by atoms with Crippen molar-refractivity contribution in [1.29, 1.82) is 0 Å². The van der Waals surface area contributed by atoms with Gasteiger partial charge in [-0.1, -0.05) is 18.9 Å². The van der Waals surface area contributed by atoms with Gasteiger partial charge in [0.1, 0.15) is 17.1 Å². The van der Waals surface area contributed by atoms with E-state index in [1.54, 1.807) is 25.1 Å². The van der Waals surface area contributed by atoms with E-state index in [1.165, 1.54) is 31.4 Å². The molecular weight excluding hydrogens is 347 g/mol. The number of hydrazine groups is 1. The van der Waals surface area contributed by atoms with E-state index in [0.717, 1.165) is 17.9 Å². The Kier molecular flexibility index (Phi) is 5.28. The van der Waals surface area contributed by atoms with Crippen molar-refractivity contribution in [2.24, 2.45) is 5.84 Å². The van der Waals surface area contributed by atoms with Gasteiger partial charge < -0.3 is 4.74 Å². The van der Waals surface area contributed by atoms with Crippen LogP contribution in [0.5, 0.6) is 5.75 Å². The molecular formula is C21H23FN2O3. The van der Waals surface area contributed by atoms with Crippen molar-refractivity contribution >= 4 is 11.7 Å². The smallest absolute Gasteiger partial charge is 0.269 e. The maximum absolute atomic E-state index is 13.2. The summed E-state index contributed by atoms with van der Waals surface area (Å²) in [5.74, 6) is 5.75. The Morgan fingerprint density at radius 3 is 2.33 bits per heavy atom. The van der Waals surface area contributed by atoms with Crippen molar-refractivity contribution in [2.75, 3.05) is 7.11 Å². The van der Waals surface area contributed by atoms with Crippen LogP contribution < -0.4 is 10.6 Å². The van der Waals surface area contributed by atoms with E-state index in [4.69, 9.17) is 10.6 Å². The van der Waals surface area contributed by atoms with Crippen molar-refractivity contribution < 1.29 is 18.7 Å². The molecule has 5 nitrogen and oxygen atoms in total. The number of Topliss-reactive ketones (excluding diaryl/α,β-unsaturated/α-hetero) is 1. The van der Waals surface area contributed by atoms with Gasteiger partial charge in [0.25, 0.3) is 5.91 Å². The Hall–Kier alpha value is -2.73. The van der Waals surface area contributed by atoms with Crippen molar-refractivity contribution in [3.05, 3.63) is 65.0 Å². The highest BCUT2D eigenvalue weighted by atomic mass is 19.1. The van der Waals surface area contributed by atoms with Crippen LogP contribution in [-0.4, -0.2) is 29.3 Å². The summed E-state index contributed by atoms with van der Waals surface area (Å²) in [7, 11) is 1.54. The Labute approximate surface area is 157 Å². The second-order valence-corrected chi connectivity index (χ2v) is 6.88. The van der Waals surface area contributed by atoms with Gasteiger partial charge in [-0.25, -0.2) is 10.2 Å². The summed E-state index contributed by atoms with van der Waals surface area (Å²) < 4.78 is 18.5. The van der Waals surface area contributed by atoms with E-state index >= 15 is 0 Å². The molecule has 1 fully saturated rings. The molecule has 0 heterocycles. The third-order valence-corrected chi connectivity index (χ3v) is 5.37. The van der Waals surface area contributed by atoms with E-state index in [9.17, 15) is 14.0 Å². The summed E-state index contributed by atoms with van der Waals surface area (Å²) in [6.45, 7) is 1.78. The summed E-state index contributed by atoms with van der Waals surface area (Å²) in [6.07, 6.45) is 2.55. The quantitative estimate of drug-likeness (QED) is 0.377. The van der Waals surface area contributed by atoms with Gasteiger partial charge in [-0.05, 0) is 56.2 Å². The first-order chi connectivity index (χ1) is 12.9. The first kappa shape index (κ1) is 19.0. The molecule has 1 aliphatic rings. The van der Waals surface area contributed by atoms with E-state index < -0.39 is 17.3 Å². The second-order valence-electron chi connectivity index (χ2n) is 6.88. The normalized spacial score (nSPS) is 15.4. The van der Waals surface area contributed by atoms with Crippen LogP contribution in [0.2, 0.25) is 0 Å². The van der Waals surface area contributed by atoms with Crippen LogP contribution in [0.15, 0.2) is 42.5 Å². The number of rotatable bonds is 5. The molecule has 142 valence electrons. The molecule has 0 aromatic heterocycles. The molecule has 0 spiro atoms. The topological polar surface area (TPSA) is 72.6 Å². The van der Waals surface area contributed by atoms with Crippen LogP contribution in [0.1, 0.15) is 52.0 Å². The lowest BCUT2D eigenvalue weighted by molar-refractivity contribution is 0.0411. The zero-order valence-corrected chi connectivity index (χ0v) is 15.5. The van der Waals surface area contributed by atoms with Crippen molar-refractivity contribution in [3.8, 4) is 5.75 Å². The standard InChI is InChI=1S/C21H23FN2O3/c1-14-17(6-5-7-18(14)27-2)20(26)24(23)21(12-3-4-13-21)19(25)15-8-10-16(22)11-9-15/h5-11H,3-4,12-13,23H2,1-2H3. The molecule has 1 amide bonds. The van der Waals surface area contributed by atoms with Gasteiger partial charge in [0.15, 0.2) is 5.78 Å². The average molecular weight is 370 g/mol. The lowest BCUT2D eigenvalue weighted by atomic mass is 9.86. The first-order valence-electron chi connectivity index (χ1n) is 8.94. The molecule has 3 rings (SSSR count). The molecule has 0 radical (unpaired) electrons. The predicted molar refractivity (Wildman–Crippen MR) is 100 cm³/mol. The van der Waals surface area contributed by atoms with Crippen molar-refractivity contribution in [1.82, 2.24) is 5.01 Å². The third-order valence-electron chi connectivity index (χ3n) is 5.37. The summed E-state index contributed by atoms with van der Waals surface area (Å²) in [5.41, 5.74) is 0.298. The molecule has 0 atom stereocenters. The highest BCUT2D eigenvalue weighted by Gasteiger charge is 2.48. The number of hydrogen-bond donors (Lipinski definition) is 1. The van der Waals surface area contributed by atoms with Crippen LogP contribution in [0.3, 0.4) is 0 Å².